The van der Waals surface area contributed by atoms with Gasteiger partial charge in [0.05, 0.1) is 11.5 Å². The van der Waals surface area contributed by atoms with Crippen molar-refractivity contribution in [3.8, 4) is 0 Å². The maximum absolute atomic E-state index is 12.2. The zero-order valence-corrected chi connectivity index (χ0v) is 12.8. The summed E-state index contributed by atoms with van der Waals surface area (Å²) in [6, 6.07) is 6.56. The number of benzene rings is 1. The van der Waals surface area contributed by atoms with E-state index < -0.39 is 10.0 Å². The van der Waals surface area contributed by atoms with Crippen LogP contribution in [0.5, 0.6) is 0 Å². The molecule has 6 heteroatoms. The predicted molar refractivity (Wildman–Crippen MR) is 77.1 cm³/mol. The topological polar surface area (TPSA) is 55.4 Å². The van der Waals surface area contributed by atoms with Gasteiger partial charge < -0.3 is 4.74 Å². The molecule has 1 aromatic carbocycles. The molecule has 0 radical (unpaired) electrons. The standard InChI is InChI=1S/C13H20ClNO3S/c1-3-12(10-18-2)15-19(16,17)13-6-4-11(5-7-13)8-9-14/h4-7,12,15H,3,8-10H2,1-2H3. The number of rotatable bonds is 8. The fraction of sp³-hybridized carbons (Fsp3) is 0.538. The molecule has 0 amide bonds. The molecule has 108 valence electrons. The van der Waals surface area contributed by atoms with Gasteiger partial charge in [-0.25, -0.2) is 13.1 Å². The highest BCUT2D eigenvalue weighted by molar-refractivity contribution is 7.89. The Labute approximate surface area is 120 Å². The van der Waals surface area contributed by atoms with Crippen LogP contribution in [-0.4, -0.2) is 34.1 Å². The lowest BCUT2D eigenvalue weighted by Crippen LogP contribution is -2.37. The van der Waals surface area contributed by atoms with Gasteiger partial charge in [-0.2, -0.15) is 0 Å². The van der Waals surface area contributed by atoms with Crippen molar-refractivity contribution in [1.82, 2.24) is 4.72 Å². The van der Waals surface area contributed by atoms with Crippen LogP contribution in [0.4, 0.5) is 0 Å². The molecule has 0 fully saturated rings. The van der Waals surface area contributed by atoms with Crippen molar-refractivity contribution in [3.63, 3.8) is 0 Å². The molecule has 0 bridgehead atoms. The minimum Gasteiger partial charge on any atom is -0.383 e. The van der Waals surface area contributed by atoms with E-state index in [1.807, 2.05) is 6.92 Å². The Bertz CT molecular complexity index is 473. The summed E-state index contributed by atoms with van der Waals surface area (Å²) in [5.41, 5.74) is 1.03. The summed E-state index contributed by atoms with van der Waals surface area (Å²) >= 11 is 5.64. The van der Waals surface area contributed by atoms with Crippen LogP contribution < -0.4 is 4.72 Å². The van der Waals surface area contributed by atoms with Crippen molar-refractivity contribution >= 4 is 21.6 Å². The molecule has 0 aliphatic rings. The number of sulfonamides is 1. The average Bonchev–Trinajstić information content (AvgIpc) is 2.39. The first kappa shape index (κ1) is 16.4. The van der Waals surface area contributed by atoms with Gasteiger partial charge in [-0.15, -0.1) is 11.6 Å². The Balaban J connectivity index is 2.81. The molecule has 1 N–H and O–H groups in total. The molecule has 0 saturated carbocycles. The maximum atomic E-state index is 12.2. The van der Waals surface area contributed by atoms with Crippen LogP contribution in [0.15, 0.2) is 29.2 Å². The molecule has 0 spiro atoms. The van der Waals surface area contributed by atoms with Crippen molar-refractivity contribution in [2.45, 2.75) is 30.7 Å². The van der Waals surface area contributed by atoms with E-state index in [0.29, 0.717) is 18.9 Å². The van der Waals surface area contributed by atoms with E-state index in [0.717, 1.165) is 12.0 Å². The van der Waals surface area contributed by atoms with E-state index >= 15 is 0 Å². The third-order valence-electron chi connectivity index (χ3n) is 2.80. The van der Waals surface area contributed by atoms with Gasteiger partial charge in [0.2, 0.25) is 10.0 Å². The Morgan fingerprint density at radius 1 is 1.32 bits per heavy atom. The molecule has 19 heavy (non-hydrogen) atoms. The SMILES string of the molecule is CCC(COC)NS(=O)(=O)c1ccc(CCCl)cc1. The predicted octanol–water partition coefficient (Wildman–Crippen LogP) is 2.17. The van der Waals surface area contributed by atoms with E-state index in [1.165, 1.54) is 0 Å². The number of ether oxygens (including phenoxy) is 1. The van der Waals surface area contributed by atoms with E-state index in [9.17, 15) is 8.42 Å². The van der Waals surface area contributed by atoms with Gasteiger partial charge >= 0.3 is 0 Å². The molecule has 0 aliphatic heterocycles. The number of alkyl halides is 1. The van der Waals surface area contributed by atoms with Gasteiger partial charge in [0.15, 0.2) is 0 Å². The van der Waals surface area contributed by atoms with Crippen molar-refractivity contribution in [2.24, 2.45) is 0 Å². The molecule has 1 aromatic rings. The molecule has 1 rings (SSSR count). The van der Waals surface area contributed by atoms with Gasteiger partial charge in [0.1, 0.15) is 0 Å². The summed E-state index contributed by atoms with van der Waals surface area (Å²) in [5, 5.41) is 0. The molecular formula is C13H20ClNO3S. The first-order valence-corrected chi connectivity index (χ1v) is 8.21. The van der Waals surface area contributed by atoms with E-state index in [-0.39, 0.29) is 10.9 Å². The number of methoxy groups -OCH3 is 1. The molecule has 4 nitrogen and oxygen atoms in total. The van der Waals surface area contributed by atoms with Gasteiger partial charge in [-0.3, -0.25) is 0 Å². The number of halogens is 1. The third kappa shape index (κ3) is 5.10. The van der Waals surface area contributed by atoms with E-state index in [4.69, 9.17) is 16.3 Å². The molecule has 1 atom stereocenters. The maximum Gasteiger partial charge on any atom is 0.240 e. The number of hydrogen-bond acceptors (Lipinski definition) is 3. The first-order valence-electron chi connectivity index (χ1n) is 6.19. The quantitative estimate of drug-likeness (QED) is 0.749. The van der Waals surface area contributed by atoms with Gasteiger partial charge in [0.25, 0.3) is 0 Å². The van der Waals surface area contributed by atoms with Gasteiger partial charge in [0, 0.05) is 19.0 Å². The average molecular weight is 306 g/mol. The largest absolute Gasteiger partial charge is 0.383 e. The summed E-state index contributed by atoms with van der Waals surface area (Å²) in [7, 11) is -1.94. The van der Waals surface area contributed by atoms with Crippen LogP contribution in [0.3, 0.4) is 0 Å². The Morgan fingerprint density at radius 3 is 2.42 bits per heavy atom. The number of aryl methyl sites for hydroxylation is 1. The number of nitrogens with one attached hydrogen (secondary N) is 1. The summed E-state index contributed by atoms with van der Waals surface area (Å²) in [6.45, 7) is 2.27. The van der Waals surface area contributed by atoms with Gasteiger partial charge in [-0.05, 0) is 30.5 Å². The fourth-order valence-corrected chi connectivity index (χ4v) is 3.19. The lowest BCUT2D eigenvalue weighted by molar-refractivity contribution is 0.173. The van der Waals surface area contributed by atoms with Crippen LogP contribution in [0.1, 0.15) is 18.9 Å². The third-order valence-corrected chi connectivity index (χ3v) is 4.52. The second kappa shape index (κ2) is 7.85. The fourth-order valence-electron chi connectivity index (χ4n) is 1.67. The molecule has 1 unspecified atom stereocenters. The first-order chi connectivity index (χ1) is 9.03. The highest BCUT2D eigenvalue weighted by atomic mass is 35.5. The van der Waals surface area contributed by atoms with Crippen molar-refractivity contribution in [3.05, 3.63) is 29.8 Å². The van der Waals surface area contributed by atoms with Crippen molar-refractivity contribution < 1.29 is 13.2 Å². The molecule has 0 heterocycles. The smallest absolute Gasteiger partial charge is 0.240 e. The zero-order chi connectivity index (χ0) is 14.3. The van der Waals surface area contributed by atoms with Crippen LogP contribution >= 0.6 is 11.6 Å². The van der Waals surface area contributed by atoms with Crippen LogP contribution in [0.25, 0.3) is 0 Å². The highest BCUT2D eigenvalue weighted by Crippen LogP contribution is 2.12. The minimum absolute atomic E-state index is 0.211. The van der Waals surface area contributed by atoms with E-state index in [2.05, 4.69) is 4.72 Å². The van der Waals surface area contributed by atoms with Crippen LogP contribution in [-0.2, 0) is 21.2 Å². The van der Waals surface area contributed by atoms with Crippen molar-refractivity contribution in [2.75, 3.05) is 19.6 Å². The monoisotopic (exact) mass is 305 g/mol. The van der Waals surface area contributed by atoms with Crippen molar-refractivity contribution in [1.29, 1.82) is 0 Å². The minimum atomic E-state index is -3.49. The molecular weight excluding hydrogens is 286 g/mol. The van der Waals surface area contributed by atoms with Gasteiger partial charge in [-0.1, -0.05) is 19.1 Å². The lowest BCUT2D eigenvalue weighted by Gasteiger charge is -2.16. The van der Waals surface area contributed by atoms with E-state index in [1.54, 1.807) is 31.4 Å². The summed E-state index contributed by atoms with van der Waals surface area (Å²) in [4.78, 5) is 0.264. The Kier molecular flexibility index (Phi) is 6.79. The molecule has 0 aliphatic carbocycles. The van der Waals surface area contributed by atoms with Crippen LogP contribution in [0.2, 0.25) is 0 Å². The lowest BCUT2D eigenvalue weighted by atomic mass is 10.2. The Morgan fingerprint density at radius 2 is 1.95 bits per heavy atom. The molecule has 0 aromatic heterocycles. The highest BCUT2D eigenvalue weighted by Gasteiger charge is 2.18. The summed E-state index contributed by atoms with van der Waals surface area (Å²) in [6.07, 6.45) is 1.41. The second-order valence-electron chi connectivity index (χ2n) is 4.26. The molecule has 0 saturated heterocycles. The summed E-state index contributed by atoms with van der Waals surface area (Å²) < 4.78 is 31.9. The normalized spacial score (nSPS) is 13.4. The Hall–Kier alpha value is -0.620. The second-order valence-corrected chi connectivity index (χ2v) is 6.36. The zero-order valence-electron chi connectivity index (χ0n) is 11.2. The van der Waals surface area contributed by atoms with Crippen LogP contribution in [0, 0.1) is 0 Å². The number of hydrogen-bond donors (Lipinski definition) is 1. The summed E-state index contributed by atoms with van der Waals surface area (Å²) in [5.74, 6) is 0.524.